The highest BCUT2D eigenvalue weighted by Crippen LogP contribution is 2.34. The molecule has 0 aliphatic carbocycles. The second kappa shape index (κ2) is 5.70. The molecule has 6 nitrogen and oxygen atoms in total. The summed E-state index contributed by atoms with van der Waals surface area (Å²) in [6, 6.07) is 9.52. The van der Waals surface area contributed by atoms with Gasteiger partial charge in [0.05, 0.1) is 22.0 Å². The van der Waals surface area contributed by atoms with Crippen molar-refractivity contribution in [2.24, 2.45) is 0 Å². The summed E-state index contributed by atoms with van der Waals surface area (Å²) in [5.74, 6) is -1.18. The normalized spacial score (nSPS) is 11.1. The van der Waals surface area contributed by atoms with Gasteiger partial charge in [0.25, 0.3) is 0 Å². The Hall–Kier alpha value is -3.66. The molecule has 2 heterocycles. The monoisotopic (exact) mass is 349 g/mol. The van der Waals surface area contributed by atoms with E-state index < -0.39 is 11.8 Å². The number of halogens is 1. The van der Waals surface area contributed by atoms with E-state index in [4.69, 9.17) is 9.52 Å². The Labute approximate surface area is 146 Å². The molecule has 2 aromatic heterocycles. The van der Waals surface area contributed by atoms with E-state index in [0.29, 0.717) is 34.5 Å². The van der Waals surface area contributed by atoms with E-state index in [0.717, 1.165) is 0 Å². The van der Waals surface area contributed by atoms with E-state index in [-0.39, 0.29) is 16.7 Å². The summed E-state index contributed by atoms with van der Waals surface area (Å²) >= 11 is 0. The Bertz CT molecular complexity index is 1210. The molecule has 0 amide bonds. The molecule has 4 rings (SSSR count). The SMILES string of the molecule is CCc1nc2c(F)cc3c(c(C#N)cn3-c3ccc(C(=O)O)cc3)c2o1. The van der Waals surface area contributed by atoms with Crippen molar-refractivity contribution in [3.8, 4) is 11.8 Å². The third-order valence-corrected chi connectivity index (χ3v) is 4.25. The van der Waals surface area contributed by atoms with Crippen LogP contribution in [0.2, 0.25) is 0 Å². The summed E-state index contributed by atoms with van der Waals surface area (Å²) in [5, 5.41) is 19.0. The van der Waals surface area contributed by atoms with Gasteiger partial charge in [-0.2, -0.15) is 5.26 Å². The van der Waals surface area contributed by atoms with Crippen molar-refractivity contribution in [3.63, 3.8) is 0 Å². The summed E-state index contributed by atoms with van der Waals surface area (Å²) in [6.45, 7) is 1.85. The lowest BCUT2D eigenvalue weighted by molar-refractivity contribution is 0.0697. The molecule has 4 aromatic rings. The average Bonchev–Trinajstić information content (AvgIpc) is 3.23. The Balaban J connectivity index is 2.04. The minimum atomic E-state index is -1.03. The van der Waals surface area contributed by atoms with Crippen LogP contribution in [0.15, 0.2) is 40.9 Å². The van der Waals surface area contributed by atoms with Crippen LogP contribution < -0.4 is 0 Å². The topological polar surface area (TPSA) is 92.0 Å². The van der Waals surface area contributed by atoms with Crippen LogP contribution in [0.25, 0.3) is 27.7 Å². The lowest BCUT2D eigenvalue weighted by Gasteiger charge is -2.06. The molecule has 1 N–H and O–H groups in total. The van der Waals surface area contributed by atoms with Crippen molar-refractivity contribution in [1.82, 2.24) is 9.55 Å². The number of rotatable bonds is 3. The van der Waals surface area contributed by atoms with Gasteiger partial charge in [-0.3, -0.25) is 0 Å². The minimum Gasteiger partial charge on any atom is -0.478 e. The number of benzene rings is 2. The molecule has 0 saturated heterocycles. The fourth-order valence-corrected chi connectivity index (χ4v) is 3.00. The molecule has 0 aliphatic rings. The third-order valence-electron chi connectivity index (χ3n) is 4.25. The number of hydrogen-bond acceptors (Lipinski definition) is 4. The van der Waals surface area contributed by atoms with Gasteiger partial charge in [-0.25, -0.2) is 14.2 Å². The zero-order valence-corrected chi connectivity index (χ0v) is 13.7. The van der Waals surface area contributed by atoms with E-state index in [1.54, 1.807) is 22.9 Å². The molecule has 0 bridgehead atoms. The fourth-order valence-electron chi connectivity index (χ4n) is 3.00. The average molecular weight is 349 g/mol. The molecule has 0 unspecified atom stereocenters. The number of carboxylic acids is 1. The van der Waals surface area contributed by atoms with E-state index in [2.05, 4.69) is 11.1 Å². The number of aryl methyl sites for hydroxylation is 1. The summed E-state index contributed by atoms with van der Waals surface area (Å²) in [4.78, 5) is 15.2. The Kier molecular flexibility index (Phi) is 3.48. The van der Waals surface area contributed by atoms with Crippen LogP contribution in [0.5, 0.6) is 0 Å². The van der Waals surface area contributed by atoms with Crippen molar-refractivity contribution >= 4 is 28.0 Å². The van der Waals surface area contributed by atoms with Gasteiger partial charge < -0.3 is 14.1 Å². The molecule has 128 valence electrons. The number of fused-ring (bicyclic) bond motifs is 3. The highest BCUT2D eigenvalue weighted by Gasteiger charge is 2.20. The highest BCUT2D eigenvalue weighted by molar-refractivity contribution is 6.06. The first-order valence-corrected chi connectivity index (χ1v) is 7.90. The first-order chi connectivity index (χ1) is 12.5. The largest absolute Gasteiger partial charge is 0.478 e. The number of hydrogen-bond donors (Lipinski definition) is 1. The molecular weight excluding hydrogens is 337 g/mol. The van der Waals surface area contributed by atoms with Crippen LogP contribution >= 0.6 is 0 Å². The number of nitriles is 1. The quantitative estimate of drug-likeness (QED) is 0.602. The van der Waals surface area contributed by atoms with E-state index in [1.165, 1.54) is 18.2 Å². The number of carboxylic acid groups (broad SMARTS) is 1. The molecule has 26 heavy (non-hydrogen) atoms. The zero-order valence-electron chi connectivity index (χ0n) is 13.7. The van der Waals surface area contributed by atoms with E-state index >= 15 is 0 Å². The van der Waals surface area contributed by atoms with Gasteiger partial charge in [0.1, 0.15) is 11.6 Å². The fraction of sp³-hybridized carbons (Fsp3) is 0.105. The number of aromatic nitrogens is 2. The van der Waals surface area contributed by atoms with Crippen LogP contribution in [0.1, 0.15) is 28.7 Å². The predicted octanol–water partition coefficient (Wildman–Crippen LogP) is 4.04. The predicted molar refractivity (Wildman–Crippen MR) is 91.9 cm³/mol. The minimum absolute atomic E-state index is 0.102. The molecule has 0 saturated carbocycles. The molecule has 2 aromatic carbocycles. The van der Waals surface area contributed by atoms with Crippen LogP contribution in [-0.2, 0) is 6.42 Å². The van der Waals surface area contributed by atoms with Gasteiger partial charge in [0.15, 0.2) is 17.3 Å². The van der Waals surface area contributed by atoms with Gasteiger partial charge in [-0.15, -0.1) is 0 Å². The van der Waals surface area contributed by atoms with Crippen molar-refractivity contribution in [1.29, 1.82) is 5.26 Å². The smallest absolute Gasteiger partial charge is 0.335 e. The summed E-state index contributed by atoms with van der Waals surface area (Å²) in [7, 11) is 0. The van der Waals surface area contributed by atoms with Gasteiger partial charge in [0.2, 0.25) is 0 Å². The van der Waals surface area contributed by atoms with E-state index in [1.807, 2.05) is 6.92 Å². The van der Waals surface area contributed by atoms with Crippen LogP contribution in [0.3, 0.4) is 0 Å². The number of carbonyl (C=O) groups is 1. The lowest BCUT2D eigenvalue weighted by atomic mass is 10.1. The lowest BCUT2D eigenvalue weighted by Crippen LogP contribution is -1.97. The maximum atomic E-state index is 14.5. The standard InChI is InChI=1S/C19H12FN3O3/c1-2-15-22-17-13(20)7-14-16(18(17)26-15)11(8-21)9-23(14)12-5-3-10(4-6-12)19(24)25/h3-7,9H,2H2,1H3,(H,24,25). The molecular formula is C19H12FN3O3. The van der Waals surface area contributed by atoms with Gasteiger partial charge in [-0.05, 0) is 24.3 Å². The number of oxazole rings is 1. The second-order valence-corrected chi connectivity index (χ2v) is 5.77. The molecule has 0 atom stereocenters. The Morgan fingerprint density at radius 1 is 1.38 bits per heavy atom. The first kappa shape index (κ1) is 15.8. The number of aromatic carboxylic acids is 1. The first-order valence-electron chi connectivity index (χ1n) is 7.90. The summed E-state index contributed by atoms with van der Waals surface area (Å²) < 4.78 is 21.8. The van der Waals surface area contributed by atoms with Crippen molar-refractivity contribution < 1.29 is 18.7 Å². The van der Waals surface area contributed by atoms with Crippen molar-refractivity contribution in [2.75, 3.05) is 0 Å². The van der Waals surface area contributed by atoms with Gasteiger partial charge in [-0.1, -0.05) is 6.92 Å². The summed E-state index contributed by atoms with van der Waals surface area (Å²) in [6.07, 6.45) is 2.09. The molecule has 0 aliphatic heterocycles. The Morgan fingerprint density at radius 3 is 2.73 bits per heavy atom. The van der Waals surface area contributed by atoms with E-state index in [9.17, 15) is 14.4 Å². The maximum Gasteiger partial charge on any atom is 0.335 e. The third kappa shape index (κ3) is 2.24. The highest BCUT2D eigenvalue weighted by atomic mass is 19.1. The Morgan fingerprint density at radius 2 is 2.12 bits per heavy atom. The maximum absolute atomic E-state index is 14.5. The van der Waals surface area contributed by atoms with Crippen LogP contribution in [0, 0.1) is 17.1 Å². The molecule has 0 spiro atoms. The summed E-state index contributed by atoms with van der Waals surface area (Å²) in [5.41, 5.74) is 1.87. The van der Waals surface area contributed by atoms with Crippen LogP contribution in [-0.4, -0.2) is 20.6 Å². The molecule has 0 radical (unpaired) electrons. The van der Waals surface area contributed by atoms with Crippen molar-refractivity contribution in [2.45, 2.75) is 13.3 Å². The van der Waals surface area contributed by atoms with Gasteiger partial charge >= 0.3 is 5.97 Å². The van der Waals surface area contributed by atoms with Crippen LogP contribution in [0.4, 0.5) is 4.39 Å². The number of nitrogens with zero attached hydrogens (tertiary/aromatic N) is 3. The molecule has 0 fully saturated rings. The zero-order chi connectivity index (χ0) is 18.4. The molecule has 7 heteroatoms. The second-order valence-electron chi connectivity index (χ2n) is 5.77. The van der Waals surface area contributed by atoms with Crippen molar-refractivity contribution in [3.05, 3.63) is 59.4 Å². The van der Waals surface area contributed by atoms with Gasteiger partial charge in [0, 0.05) is 24.4 Å².